The highest BCUT2D eigenvalue weighted by Crippen LogP contribution is 2.21. The molecule has 1 aromatic carbocycles. The van der Waals surface area contributed by atoms with Gasteiger partial charge >= 0.3 is 6.03 Å². The SMILES string of the molecule is Cc1cc(NC(=O)N2CCN(C(=O)c3cc(Cl)cc(Cl)c3)CC2)no1. The molecule has 2 heterocycles. The summed E-state index contributed by atoms with van der Waals surface area (Å²) in [6.07, 6.45) is 0. The number of rotatable bonds is 2. The number of nitrogens with zero attached hydrogens (tertiary/aromatic N) is 3. The van der Waals surface area contributed by atoms with Gasteiger partial charge in [-0.15, -0.1) is 0 Å². The van der Waals surface area contributed by atoms with Crippen LogP contribution >= 0.6 is 23.2 Å². The van der Waals surface area contributed by atoms with Crippen LogP contribution in [-0.2, 0) is 0 Å². The number of urea groups is 1. The van der Waals surface area contributed by atoms with Crippen LogP contribution in [0.3, 0.4) is 0 Å². The number of piperazine rings is 1. The molecule has 0 atom stereocenters. The Labute approximate surface area is 154 Å². The van der Waals surface area contributed by atoms with Crippen LogP contribution in [0.25, 0.3) is 0 Å². The van der Waals surface area contributed by atoms with Crippen LogP contribution in [-0.4, -0.2) is 53.1 Å². The van der Waals surface area contributed by atoms with Gasteiger partial charge in [0.05, 0.1) is 0 Å². The predicted octanol–water partition coefficient (Wildman–Crippen LogP) is 3.28. The fourth-order valence-electron chi connectivity index (χ4n) is 2.59. The highest BCUT2D eigenvalue weighted by molar-refractivity contribution is 6.35. The number of nitrogens with one attached hydrogen (secondary N) is 1. The molecule has 2 aromatic rings. The van der Waals surface area contributed by atoms with E-state index in [0.29, 0.717) is 53.4 Å². The summed E-state index contributed by atoms with van der Waals surface area (Å²) in [6, 6.07) is 6.11. The molecule has 1 aromatic heterocycles. The zero-order chi connectivity index (χ0) is 18.0. The number of carbonyl (C=O) groups excluding carboxylic acids is 2. The second-order valence-corrected chi connectivity index (χ2v) is 6.56. The van der Waals surface area contributed by atoms with E-state index in [2.05, 4.69) is 10.5 Å². The smallest absolute Gasteiger partial charge is 0.323 e. The average Bonchev–Trinajstić information content (AvgIpc) is 2.98. The molecule has 7 nitrogen and oxygen atoms in total. The average molecular weight is 383 g/mol. The first-order valence-corrected chi connectivity index (χ1v) is 8.42. The Kier molecular flexibility index (Phi) is 5.15. The Morgan fingerprint density at radius 2 is 1.64 bits per heavy atom. The minimum Gasteiger partial charge on any atom is -0.360 e. The van der Waals surface area contributed by atoms with Gasteiger partial charge in [0.2, 0.25) is 0 Å². The molecule has 0 bridgehead atoms. The van der Waals surface area contributed by atoms with Gasteiger partial charge in [0.1, 0.15) is 5.76 Å². The molecule has 0 unspecified atom stereocenters. The Bertz CT molecular complexity index is 780. The predicted molar refractivity (Wildman–Crippen MR) is 94.2 cm³/mol. The molecule has 0 spiro atoms. The van der Waals surface area contributed by atoms with E-state index in [1.165, 1.54) is 0 Å². The summed E-state index contributed by atoms with van der Waals surface area (Å²) in [5.41, 5.74) is 0.438. The molecule has 25 heavy (non-hydrogen) atoms. The topological polar surface area (TPSA) is 78.7 Å². The third-order valence-corrected chi connectivity index (χ3v) is 4.26. The molecule has 3 amide bonds. The third-order valence-electron chi connectivity index (χ3n) is 3.83. The number of halogens is 2. The number of hydrogen-bond acceptors (Lipinski definition) is 4. The van der Waals surface area contributed by atoms with E-state index in [-0.39, 0.29) is 11.9 Å². The molecular weight excluding hydrogens is 367 g/mol. The van der Waals surface area contributed by atoms with Gasteiger partial charge in [0.25, 0.3) is 5.91 Å². The number of anilines is 1. The van der Waals surface area contributed by atoms with E-state index in [9.17, 15) is 9.59 Å². The Morgan fingerprint density at radius 1 is 1.04 bits per heavy atom. The van der Waals surface area contributed by atoms with Crippen LogP contribution < -0.4 is 5.32 Å². The molecule has 1 N–H and O–H groups in total. The molecule has 1 aliphatic heterocycles. The molecular formula is C16H16Cl2N4O3. The van der Waals surface area contributed by atoms with Crippen LogP contribution in [0.5, 0.6) is 0 Å². The summed E-state index contributed by atoms with van der Waals surface area (Å²) in [4.78, 5) is 28.0. The van der Waals surface area contributed by atoms with Crippen molar-refractivity contribution in [2.45, 2.75) is 6.92 Å². The number of aryl methyl sites for hydroxylation is 1. The maximum atomic E-state index is 12.5. The second kappa shape index (κ2) is 7.33. The lowest BCUT2D eigenvalue weighted by atomic mass is 10.2. The minimum absolute atomic E-state index is 0.156. The summed E-state index contributed by atoms with van der Waals surface area (Å²) in [5, 5.41) is 7.22. The summed E-state index contributed by atoms with van der Waals surface area (Å²) in [5.74, 6) is 0.831. The lowest BCUT2D eigenvalue weighted by Crippen LogP contribution is -2.51. The van der Waals surface area contributed by atoms with Gasteiger partial charge in [-0.3, -0.25) is 10.1 Å². The van der Waals surface area contributed by atoms with Gasteiger partial charge in [-0.2, -0.15) is 0 Å². The van der Waals surface area contributed by atoms with Gasteiger partial charge in [-0.05, 0) is 25.1 Å². The Morgan fingerprint density at radius 3 is 2.20 bits per heavy atom. The number of amides is 3. The molecule has 1 aliphatic rings. The van der Waals surface area contributed by atoms with Crippen molar-refractivity contribution in [1.29, 1.82) is 0 Å². The zero-order valence-corrected chi connectivity index (χ0v) is 15.0. The Balaban J connectivity index is 1.57. The largest absolute Gasteiger partial charge is 0.360 e. The standard InChI is InChI=1S/C16H16Cl2N4O3/c1-10-6-14(20-25-10)19-16(24)22-4-2-21(3-5-22)15(23)11-7-12(17)9-13(18)8-11/h6-9H,2-5H2,1H3,(H,19,20,24). The van der Waals surface area contributed by atoms with Crippen LogP contribution in [0, 0.1) is 6.92 Å². The fraction of sp³-hybridized carbons (Fsp3) is 0.312. The molecule has 1 fully saturated rings. The lowest BCUT2D eigenvalue weighted by molar-refractivity contribution is 0.0671. The van der Waals surface area contributed by atoms with Crippen molar-refractivity contribution < 1.29 is 14.1 Å². The number of hydrogen-bond donors (Lipinski definition) is 1. The second-order valence-electron chi connectivity index (χ2n) is 5.69. The van der Waals surface area contributed by atoms with Crippen molar-refractivity contribution in [3.8, 4) is 0 Å². The summed E-state index contributed by atoms with van der Waals surface area (Å²) in [7, 11) is 0. The van der Waals surface area contributed by atoms with Crippen molar-refractivity contribution in [1.82, 2.24) is 15.0 Å². The minimum atomic E-state index is -0.272. The van der Waals surface area contributed by atoms with Gasteiger partial charge < -0.3 is 14.3 Å². The van der Waals surface area contributed by atoms with E-state index in [0.717, 1.165) is 0 Å². The van der Waals surface area contributed by atoms with Crippen LogP contribution in [0.1, 0.15) is 16.1 Å². The van der Waals surface area contributed by atoms with Crippen LogP contribution in [0.2, 0.25) is 10.0 Å². The van der Waals surface area contributed by atoms with Crippen LogP contribution in [0.4, 0.5) is 10.6 Å². The van der Waals surface area contributed by atoms with Crippen molar-refractivity contribution in [3.05, 3.63) is 45.6 Å². The fourth-order valence-corrected chi connectivity index (χ4v) is 3.11. The molecule has 9 heteroatoms. The summed E-state index contributed by atoms with van der Waals surface area (Å²) in [6.45, 7) is 3.43. The molecule has 0 saturated carbocycles. The molecule has 1 saturated heterocycles. The van der Waals surface area contributed by atoms with Gasteiger partial charge in [-0.1, -0.05) is 28.4 Å². The molecule has 3 rings (SSSR count). The van der Waals surface area contributed by atoms with E-state index in [4.69, 9.17) is 27.7 Å². The van der Waals surface area contributed by atoms with E-state index >= 15 is 0 Å². The number of benzene rings is 1. The monoisotopic (exact) mass is 382 g/mol. The Hall–Kier alpha value is -2.25. The highest BCUT2D eigenvalue weighted by Gasteiger charge is 2.25. The molecule has 0 radical (unpaired) electrons. The molecule has 132 valence electrons. The van der Waals surface area contributed by atoms with Gasteiger partial charge in [0.15, 0.2) is 5.82 Å². The lowest BCUT2D eigenvalue weighted by Gasteiger charge is -2.34. The summed E-state index contributed by atoms with van der Waals surface area (Å²) < 4.78 is 4.91. The van der Waals surface area contributed by atoms with E-state index in [1.807, 2.05) is 0 Å². The quantitative estimate of drug-likeness (QED) is 0.863. The van der Waals surface area contributed by atoms with Crippen molar-refractivity contribution in [3.63, 3.8) is 0 Å². The first-order chi connectivity index (χ1) is 11.9. The van der Waals surface area contributed by atoms with Crippen molar-refractivity contribution >= 4 is 41.0 Å². The third kappa shape index (κ3) is 4.24. The van der Waals surface area contributed by atoms with Gasteiger partial charge in [0, 0.05) is 47.9 Å². The van der Waals surface area contributed by atoms with E-state index < -0.39 is 0 Å². The van der Waals surface area contributed by atoms with E-state index in [1.54, 1.807) is 41.0 Å². The maximum Gasteiger partial charge on any atom is 0.323 e. The first-order valence-electron chi connectivity index (χ1n) is 7.67. The van der Waals surface area contributed by atoms with Gasteiger partial charge in [-0.25, -0.2) is 4.79 Å². The van der Waals surface area contributed by atoms with Crippen molar-refractivity contribution in [2.24, 2.45) is 0 Å². The zero-order valence-electron chi connectivity index (χ0n) is 13.5. The summed E-state index contributed by atoms with van der Waals surface area (Å²) >= 11 is 11.9. The first kappa shape index (κ1) is 17.6. The number of aromatic nitrogens is 1. The van der Waals surface area contributed by atoms with Crippen molar-refractivity contribution in [2.75, 3.05) is 31.5 Å². The number of carbonyl (C=O) groups is 2. The highest BCUT2D eigenvalue weighted by atomic mass is 35.5. The van der Waals surface area contributed by atoms with Crippen LogP contribution in [0.15, 0.2) is 28.8 Å². The molecule has 0 aliphatic carbocycles. The maximum absolute atomic E-state index is 12.5. The normalized spacial score (nSPS) is 14.5.